The van der Waals surface area contributed by atoms with Crippen molar-refractivity contribution in [3.63, 3.8) is 0 Å². The molecule has 5 aromatic rings. The molecular formula is C25H18F2N4O3S. The second-order valence-electron chi connectivity index (χ2n) is 7.66. The number of aromatic nitrogens is 4. The molecule has 0 radical (unpaired) electrons. The molecule has 0 amide bonds. The number of fused-ring (bicyclic) bond motifs is 2. The lowest BCUT2D eigenvalue weighted by Gasteiger charge is -2.14. The molecule has 0 bridgehead atoms. The molecule has 0 aliphatic rings. The van der Waals surface area contributed by atoms with Gasteiger partial charge < -0.3 is 4.74 Å². The van der Waals surface area contributed by atoms with Crippen molar-refractivity contribution in [2.75, 3.05) is 0 Å². The summed E-state index contributed by atoms with van der Waals surface area (Å²) in [6.45, 7) is -1.11. The number of hydrogen-bond acceptors (Lipinski definition) is 6. The summed E-state index contributed by atoms with van der Waals surface area (Å²) in [6, 6.07) is 19.6. The van der Waals surface area contributed by atoms with Crippen molar-refractivity contribution in [2.24, 2.45) is 0 Å². The van der Waals surface area contributed by atoms with E-state index in [1.165, 1.54) is 51.1 Å². The van der Waals surface area contributed by atoms with E-state index < -0.39 is 6.61 Å². The zero-order valence-electron chi connectivity index (χ0n) is 18.4. The largest absolute Gasteiger partial charge is 0.435 e. The molecule has 10 heteroatoms. The van der Waals surface area contributed by atoms with Gasteiger partial charge in [-0.25, -0.2) is 9.97 Å². The summed E-state index contributed by atoms with van der Waals surface area (Å²) in [4.78, 5) is 35.3. The molecule has 0 aliphatic heterocycles. The number of hydrogen-bond donors (Lipinski definition) is 0. The van der Waals surface area contributed by atoms with Crippen LogP contribution in [0.25, 0.3) is 22.2 Å². The molecule has 0 fully saturated rings. The molecule has 0 spiro atoms. The maximum Gasteiger partial charge on any atom is 0.387 e. The number of halogens is 2. The summed E-state index contributed by atoms with van der Waals surface area (Å²) >= 11 is 1.25. The van der Waals surface area contributed by atoms with Crippen molar-refractivity contribution < 1.29 is 13.5 Å². The third-order valence-electron chi connectivity index (χ3n) is 5.35. The Labute approximate surface area is 201 Å². The van der Waals surface area contributed by atoms with Crippen LogP contribution in [0.5, 0.6) is 5.75 Å². The number of nitrogens with zero attached hydrogens (tertiary/aromatic N) is 4. The maximum atomic E-state index is 13.4. The third kappa shape index (κ3) is 4.52. The Hall–Kier alpha value is -4.05. The highest BCUT2D eigenvalue weighted by Crippen LogP contribution is 2.25. The molecule has 35 heavy (non-hydrogen) atoms. The Bertz CT molecular complexity index is 1670. The first-order valence-electron chi connectivity index (χ1n) is 10.6. The highest BCUT2D eigenvalue weighted by atomic mass is 32.2. The van der Waals surface area contributed by atoms with Crippen molar-refractivity contribution in [1.29, 1.82) is 0 Å². The molecule has 3 heterocycles. The molecule has 0 saturated carbocycles. The van der Waals surface area contributed by atoms with Crippen molar-refractivity contribution in [3.8, 4) is 11.4 Å². The van der Waals surface area contributed by atoms with Crippen LogP contribution in [0.15, 0.2) is 87.5 Å². The molecule has 5 rings (SSSR count). The zero-order valence-corrected chi connectivity index (χ0v) is 19.2. The number of aryl methyl sites for hydroxylation is 1. The van der Waals surface area contributed by atoms with E-state index in [0.717, 1.165) is 5.69 Å². The summed E-state index contributed by atoms with van der Waals surface area (Å²) in [7, 11) is 0. The van der Waals surface area contributed by atoms with Crippen molar-refractivity contribution >= 4 is 28.3 Å². The first kappa shape index (κ1) is 22.7. The minimum atomic E-state index is -2.95. The molecular weight excluding hydrogens is 474 g/mol. The van der Waals surface area contributed by atoms with Gasteiger partial charge in [-0.15, -0.1) is 0 Å². The zero-order chi connectivity index (χ0) is 24.5. The number of ether oxygens (including phenoxy) is 1. The quantitative estimate of drug-likeness (QED) is 0.255. The number of pyridine rings is 1. The molecule has 0 atom stereocenters. The van der Waals surface area contributed by atoms with E-state index in [2.05, 4.69) is 14.7 Å². The van der Waals surface area contributed by atoms with Gasteiger partial charge in [-0.1, -0.05) is 30.0 Å². The summed E-state index contributed by atoms with van der Waals surface area (Å²) < 4.78 is 32.4. The van der Waals surface area contributed by atoms with Crippen LogP contribution in [0.2, 0.25) is 0 Å². The molecule has 7 nitrogen and oxygen atoms in total. The summed E-state index contributed by atoms with van der Waals surface area (Å²) in [5.41, 5.74) is 2.33. The smallest absolute Gasteiger partial charge is 0.387 e. The number of rotatable bonds is 6. The first-order chi connectivity index (χ1) is 16.9. The first-order valence-corrected chi connectivity index (χ1v) is 11.6. The molecule has 0 N–H and O–H groups in total. The maximum absolute atomic E-state index is 13.4. The lowest BCUT2D eigenvalue weighted by atomic mass is 10.2. The Kier molecular flexibility index (Phi) is 6.04. The van der Waals surface area contributed by atoms with Crippen LogP contribution in [-0.2, 0) is 5.75 Å². The highest BCUT2D eigenvalue weighted by Gasteiger charge is 2.15. The van der Waals surface area contributed by atoms with Crippen LogP contribution in [0, 0.1) is 6.92 Å². The normalized spacial score (nSPS) is 11.4. The van der Waals surface area contributed by atoms with Gasteiger partial charge in [-0.2, -0.15) is 8.78 Å². The number of para-hydroxylation sites is 1. The molecule has 0 unspecified atom stereocenters. The van der Waals surface area contributed by atoms with Crippen LogP contribution in [0.1, 0.15) is 11.4 Å². The van der Waals surface area contributed by atoms with E-state index in [-0.39, 0.29) is 22.6 Å². The predicted octanol–water partition coefficient (Wildman–Crippen LogP) is 4.60. The molecule has 2 aromatic carbocycles. The Morgan fingerprint density at radius 1 is 0.971 bits per heavy atom. The fourth-order valence-electron chi connectivity index (χ4n) is 3.79. The second-order valence-corrected chi connectivity index (χ2v) is 8.60. The Morgan fingerprint density at radius 2 is 1.74 bits per heavy atom. The fourth-order valence-corrected chi connectivity index (χ4v) is 4.69. The standard InChI is InChI=1S/C25H18F2N4O3S/c1-15-5-4-8-21-28-16(13-22(32)30(15)21)14-35-25-29-20-7-3-2-6-19(20)23(33)31(25)17-9-11-18(12-10-17)34-24(26)27/h2-13,24H,14H2,1H3. The van der Waals surface area contributed by atoms with E-state index >= 15 is 0 Å². The van der Waals surface area contributed by atoms with Crippen LogP contribution in [-0.4, -0.2) is 25.5 Å². The van der Waals surface area contributed by atoms with Gasteiger partial charge in [0, 0.05) is 17.5 Å². The minimum Gasteiger partial charge on any atom is -0.435 e. The van der Waals surface area contributed by atoms with Crippen molar-refractivity contribution in [2.45, 2.75) is 24.4 Å². The molecule has 0 aliphatic carbocycles. The van der Waals surface area contributed by atoms with E-state index in [1.807, 2.05) is 19.1 Å². The van der Waals surface area contributed by atoms with Gasteiger partial charge >= 0.3 is 6.61 Å². The second kappa shape index (κ2) is 9.30. The van der Waals surface area contributed by atoms with Crippen LogP contribution >= 0.6 is 11.8 Å². The number of thioether (sulfide) groups is 1. The van der Waals surface area contributed by atoms with Crippen molar-refractivity contribution in [3.05, 3.63) is 105 Å². The van der Waals surface area contributed by atoms with Crippen LogP contribution in [0.3, 0.4) is 0 Å². The van der Waals surface area contributed by atoms with E-state index in [9.17, 15) is 18.4 Å². The summed E-state index contributed by atoms with van der Waals surface area (Å²) in [6.07, 6.45) is 0. The van der Waals surface area contributed by atoms with Crippen LogP contribution in [0.4, 0.5) is 8.78 Å². The predicted molar refractivity (Wildman–Crippen MR) is 130 cm³/mol. The Balaban J connectivity index is 1.56. The molecule has 176 valence electrons. The van der Waals surface area contributed by atoms with E-state index in [1.54, 1.807) is 30.3 Å². The molecule has 3 aromatic heterocycles. The van der Waals surface area contributed by atoms with E-state index in [0.29, 0.717) is 33.1 Å². The average Bonchev–Trinajstić information content (AvgIpc) is 2.83. The summed E-state index contributed by atoms with van der Waals surface area (Å²) in [5.74, 6) is 0.271. The van der Waals surface area contributed by atoms with Gasteiger partial charge in [0.25, 0.3) is 11.1 Å². The lowest BCUT2D eigenvalue weighted by molar-refractivity contribution is -0.0498. The van der Waals surface area contributed by atoms with E-state index in [4.69, 9.17) is 0 Å². The van der Waals surface area contributed by atoms with Crippen molar-refractivity contribution in [1.82, 2.24) is 18.9 Å². The SMILES string of the molecule is Cc1cccc2nc(CSc3nc4ccccc4c(=O)n3-c3ccc(OC(F)F)cc3)cc(=O)n12. The van der Waals surface area contributed by atoms with Gasteiger partial charge in [0.05, 0.1) is 22.3 Å². The Morgan fingerprint density at radius 3 is 2.51 bits per heavy atom. The van der Waals surface area contributed by atoms with Gasteiger partial charge in [0.15, 0.2) is 5.16 Å². The average molecular weight is 493 g/mol. The minimum absolute atomic E-state index is 0.0177. The fraction of sp³-hybridized carbons (Fsp3) is 0.120. The monoisotopic (exact) mass is 492 g/mol. The lowest BCUT2D eigenvalue weighted by Crippen LogP contribution is -2.22. The van der Waals surface area contributed by atoms with Gasteiger partial charge in [0.2, 0.25) is 0 Å². The van der Waals surface area contributed by atoms with Crippen LogP contribution < -0.4 is 15.9 Å². The summed E-state index contributed by atoms with van der Waals surface area (Å²) in [5, 5.41) is 0.796. The molecule has 0 saturated heterocycles. The van der Waals surface area contributed by atoms with Gasteiger partial charge in [-0.3, -0.25) is 18.6 Å². The third-order valence-corrected chi connectivity index (χ3v) is 6.32. The number of alkyl halides is 2. The van der Waals surface area contributed by atoms with Gasteiger partial charge in [-0.05, 0) is 55.5 Å². The topological polar surface area (TPSA) is 78.5 Å². The number of benzene rings is 2. The van der Waals surface area contributed by atoms with Gasteiger partial charge in [0.1, 0.15) is 11.4 Å². The highest BCUT2D eigenvalue weighted by molar-refractivity contribution is 7.98.